The highest BCUT2D eigenvalue weighted by Gasteiger charge is 1.98. The van der Waals surface area contributed by atoms with Gasteiger partial charge in [-0.3, -0.25) is 4.98 Å². The van der Waals surface area contributed by atoms with Crippen molar-refractivity contribution in [2.45, 2.75) is 45.4 Å². The minimum atomic E-state index is 0.818. The van der Waals surface area contributed by atoms with Gasteiger partial charge in [0.25, 0.3) is 0 Å². The van der Waals surface area contributed by atoms with E-state index in [1.54, 1.807) is 6.20 Å². The number of pyridine rings is 1. The lowest BCUT2D eigenvalue weighted by Gasteiger charge is -2.07. The van der Waals surface area contributed by atoms with Gasteiger partial charge < -0.3 is 4.74 Å². The average molecular weight is 283 g/mol. The van der Waals surface area contributed by atoms with E-state index < -0.39 is 0 Å². The zero-order chi connectivity index (χ0) is 14.8. The molecule has 1 aromatic carbocycles. The fraction of sp³-hybridized carbons (Fsp3) is 0.421. The first-order valence-electron chi connectivity index (χ1n) is 8.03. The smallest absolute Gasteiger partial charge is 0.119 e. The van der Waals surface area contributed by atoms with Crippen LogP contribution in [0.1, 0.15) is 45.4 Å². The SMILES string of the molecule is CCCCCCCCOc1ccc(-c2cccnc2)cc1. The molecule has 0 bridgehead atoms. The van der Waals surface area contributed by atoms with Crippen molar-refractivity contribution >= 4 is 0 Å². The van der Waals surface area contributed by atoms with Crippen LogP contribution in [0.3, 0.4) is 0 Å². The standard InChI is InChI=1S/C19H25NO/c1-2-3-4-5-6-7-15-21-19-12-10-17(11-13-19)18-9-8-14-20-16-18/h8-14,16H,2-7,15H2,1H3. The summed E-state index contributed by atoms with van der Waals surface area (Å²) in [6.45, 7) is 3.07. The summed E-state index contributed by atoms with van der Waals surface area (Å²) in [6.07, 6.45) is 11.4. The summed E-state index contributed by atoms with van der Waals surface area (Å²) in [5.41, 5.74) is 2.31. The van der Waals surface area contributed by atoms with Gasteiger partial charge in [-0.05, 0) is 35.7 Å². The van der Waals surface area contributed by atoms with Gasteiger partial charge in [-0.15, -0.1) is 0 Å². The number of hydrogen-bond acceptors (Lipinski definition) is 2. The summed E-state index contributed by atoms with van der Waals surface area (Å²) in [5.74, 6) is 0.955. The molecule has 2 aromatic rings. The molecule has 0 aliphatic rings. The maximum Gasteiger partial charge on any atom is 0.119 e. The van der Waals surface area contributed by atoms with E-state index in [1.807, 2.05) is 24.4 Å². The Hall–Kier alpha value is -1.83. The first-order chi connectivity index (χ1) is 10.4. The van der Waals surface area contributed by atoms with E-state index in [4.69, 9.17) is 4.74 Å². The second kappa shape index (κ2) is 9.17. The molecule has 0 atom stereocenters. The van der Waals surface area contributed by atoms with Crippen LogP contribution in [0.5, 0.6) is 5.75 Å². The van der Waals surface area contributed by atoms with Gasteiger partial charge in [-0.25, -0.2) is 0 Å². The first-order valence-corrected chi connectivity index (χ1v) is 8.03. The minimum Gasteiger partial charge on any atom is -0.494 e. The lowest BCUT2D eigenvalue weighted by atomic mass is 10.1. The molecule has 1 aromatic heterocycles. The number of ether oxygens (including phenoxy) is 1. The molecule has 0 N–H and O–H groups in total. The summed E-state index contributed by atoms with van der Waals surface area (Å²) >= 11 is 0. The summed E-state index contributed by atoms with van der Waals surface area (Å²) in [6, 6.07) is 12.3. The fourth-order valence-corrected chi connectivity index (χ4v) is 2.35. The van der Waals surface area contributed by atoms with Crippen LogP contribution in [0.2, 0.25) is 0 Å². The van der Waals surface area contributed by atoms with Crippen LogP contribution in [0.15, 0.2) is 48.8 Å². The maximum absolute atomic E-state index is 5.79. The van der Waals surface area contributed by atoms with Crippen molar-refractivity contribution in [1.82, 2.24) is 4.98 Å². The van der Waals surface area contributed by atoms with Crippen molar-refractivity contribution in [2.24, 2.45) is 0 Å². The summed E-state index contributed by atoms with van der Waals surface area (Å²) in [5, 5.41) is 0. The maximum atomic E-state index is 5.79. The lowest BCUT2D eigenvalue weighted by Crippen LogP contribution is -1.97. The van der Waals surface area contributed by atoms with Gasteiger partial charge in [0, 0.05) is 12.4 Å². The normalized spacial score (nSPS) is 10.5. The largest absolute Gasteiger partial charge is 0.494 e. The first kappa shape index (κ1) is 15.6. The Labute approximate surface area is 128 Å². The van der Waals surface area contributed by atoms with Crippen molar-refractivity contribution < 1.29 is 4.74 Å². The van der Waals surface area contributed by atoms with Gasteiger partial charge in [-0.2, -0.15) is 0 Å². The Balaban J connectivity index is 1.71. The number of hydrogen-bond donors (Lipinski definition) is 0. The van der Waals surface area contributed by atoms with Gasteiger partial charge >= 0.3 is 0 Å². The lowest BCUT2D eigenvalue weighted by molar-refractivity contribution is 0.304. The second-order valence-electron chi connectivity index (χ2n) is 5.38. The number of unbranched alkanes of at least 4 members (excludes halogenated alkanes) is 5. The molecule has 0 saturated carbocycles. The highest BCUT2D eigenvalue weighted by atomic mass is 16.5. The predicted octanol–water partition coefficient (Wildman–Crippen LogP) is 5.49. The summed E-state index contributed by atoms with van der Waals surface area (Å²) in [7, 11) is 0. The molecule has 0 saturated heterocycles. The van der Waals surface area contributed by atoms with Gasteiger partial charge in [0.15, 0.2) is 0 Å². The molecule has 0 radical (unpaired) electrons. The molecule has 112 valence electrons. The molecular formula is C19H25NO. The van der Waals surface area contributed by atoms with E-state index in [9.17, 15) is 0 Å². The molecule has 0 aliphatic heterocycles. The Morgan fingerprint density at radius 3 is 2.33 bits per heavy atom. The van der Waals surface area contributed by atoms with Crippen molar-refractivity contribution in [3.8, 4) is 16.9 Å². The quantitative estimate of drug-likeness (QED) is 0.568. The van der Waals surface area contributed by atoms with Crippen LogP contribution >= 0.6 is 0 Å². The van der Waals surface area contributed by atoms with E-state index in [0.29, 0.717) is 0 Å². The van der Waals surface area contributed by atoms with Crippen LogP contribution in [-0.4, -0.2) is 11.6 Å². The molecule has 0 spiro atoms. The molecule has 0 amide bonds. The Morgan fingerprint density at radius 1 is 0.857 bits per heavy atom. The number of benzene rings is 1. The van der Waals surface area contributed by atoms with Crippen molar-refractivity contribution in [2.75, 3.05) is 6.61 Å². The molecule has 0 aliphatic carbocycles. The average Bonchev–Trinajstić information content (AvgIpc) is 2.55. The van der Waals surface area contributed by atoms with Gasteiger partial charge in [0.2, 0.25) is 0 Å². The molecule has 2 nitrogen and oxygen atoms in total. The van der Waals surface area contributed by atoms with Crippen molar-refractivity contribution in [3.63, 3.8) is 0 Å². The summed E-state index contributed by atoms with van der Waals surface area (Å²) in [4.78, 5) is 4.14. The molecule has 2 heteroatoms. The summed E-state index contributed by atoms with van der Waals surface area (Å²) < 4.78 is 5.79. The number of nitrogens with zero attached hydrogens (tertiary/aromatic N) is 1. The topological polar surface area (TPSA) is 22.1 Å². The van der Waals surface area contributed by atoms with E-state index in [-0.39, 0.29) is 0 Å². The van der Waals surface area contributed by atoms with Crippen LogP contribution < -0.4 is 4.74 Å². The molecular weight excluding hydrogens is 258 g/mol. The van der Waals surface area contributed by atoms with Crippen molar-refractivity contribution in [1.29, 1.82) is 0 Å². The van der Waals surface area contributed by atoms with Crippen LogP contribution in [-0.2, 0) is 0 Å². The predicted molar refractivity (Wildman–Crippen MR) is 88.5 cm³/mol. The van der Waals surface area contributed by atoms with Gasteiger partial charge in [0.05, 0.1) is 6.61 Å². The second-order valence-corrected chi connectivity index (χ2v) is 5.38. The van der Waals surface area contributed by atoms with Crippen LogP contribution in [0, 0.1) is 0 Å². The Morgan fingerprint density at radius 2 is 1.62 bits per heavy atom. The zero-order valence-electron chi connectivity index (χ0n) is 12.9. The molecule has 0 fully saturated rings. The zero-order valence-corrected chi connectivity index (χ0v) is 12.9. The fourth-order valence-electron chi connectivity index (χ4n) is 2.35. The van der Waals surface area contributed by atoms with Gasteiger partial charge in [0.1, 0.15) is 5.75 Å². The third-order valence-corrected chi connectivity index (χ3v) is 3.62. The monoisotopic (exact) mass is 283 g/mol. The molecule has 21 heavy (non-hydrogen) atoms. The molecule has 1 heterocycles. The van der Waals surface area contributed by atoms with Crippen LogP contribution in [0.4, 0.5) is 0 Å². The highest BCUT2D eigenvalue weighted by molar-refractivity contribution is 5.62. The van der Waals surface area contributed by atoms with E-state index in [1.165, 1.54) is 37.7 Å². The van der Waals surface area contributed by atoms with Crippen molar-refractivity contribution in [3.05, 3.63) is 48.8 Å². The minimum absolute atomic E-state index is 0.818. The Bertz CT molecular complexity index is 493. The number of aromatic nitrogens is 1. The number of rotatable bonds is 9. The van der Waals surface area contributed by atoms with Gasteiger partial charge in [-0.1, -0.05) is 57.2 Å². The Kier molecular flexibility index (Phi) is 6.79. The third-order valence-electron chi connectivity index (χ3n) is 3.62. The highest BCUT2D eigenvalue weighted by Crippen LogP contribution is 2.21. The van der Waals surface area contributed by atoms with E-state index in [0.717, 1.165) is 24.3 Å². The van der Waals surface area contributed by atoms with E-state index >= 15 is 0 Å². The van der Waals surface area contributed by atoms with Crippen LogP contribution in [0.25, 0.3) is 11.1 Å². The molecule has 2 rings (SSSR count). The molecule has 0 unspecified atom stereocenters. The third kappa shape index (κ3) is 5.58. The van der Waals surface area contributed by atoms with E-state index in [2.05, 4.69) is 30.1 Å².